The van der Waals surface area contributed by atoms with E-state index < -0.39 is 0 Å². The highest BCUT2D eigenvalue weighted by Gasteiger charge is 2.22. The van der Waals surface area contributed by atoms with E-state index in [1.54, 1.807) is 0 Å². The van der Waals surface area contributed by atoms with Gasteiger partial charge in [-0.1, -0.05) is 133 Å². The molecular weight excluding hydrogens is 785 g/mol. The maximum Gasteiger partial charge on any atom is 0.160 e. The van der Waals surface area contributed by atoms with Crippen molar-refractivity contribution in [2.75, 3.05) is 0 Å². The van der Waals surface area contributed by atoms with Crippen LogP contribution in [0.3, 0.4) is 0 Å². The van der Waals surface area contributed by atoms with Gasteiger partial charge in [0.2, 0.25) is 0 Å². The summed E-state index contributed by atoms with van der Waals surface area (Å²) in [6, 6.07) is 72.5. The van der Waals surface area contributed by atoms with Crippen molar-refractivity contribution in [2.45, 2.75) is 0 Å². The zero-order valence-corrected chi connectivity index (χ0v) is 34.2. The Hall–Kier alpha value is -8.74. The van der Waals surface area contributed by atoms with Crippen molar-refractivity contribution in [3.63, 3.8) is 0 Å². The van der Waals surface area contributed by atoms with Gasteiger partial charge < -0.3 is 18.0 Å². The number of aromatic nitrogens is 4. The molecule has 64 heavy (non-hydrogen) atoms. The molecule has 6 nitrogen and oxygen atoms in total. The van der Waals surface area contributed by atoms with Crippen LogP contribution in [-0.4, -0.2) is 19.1 Å². The molecule has 0 aliphatic rings. The highest BCUT2D eigenvalue weighted by molar-refractivity contribution is 6.15. The highest BCUT2D eigenvalue weighted by atomic mass is 16.3. The Morgan fingerprint density at radius 3 is 1.09 bits per heavy atom. The van der Waals surface area contributed by atoms with Crippen LogP contribution in [0, 0.1) is 0 Å². The Kier molecular flexibility index (Phi) is 7.30. The van der Waals surface area contributed by atoms with Crippen molar-refractivity contribution in [3.05, 3.63) is 206 Å². The third-order valence-electron chi connectivity index (χ3n) is 12.9. The molecule has 14 rings (SSSR count). The second kappa shape index (κ2) is 13.4. The van der Waals surface area contributed by atoms with Gasteiger partial charge in [0.1, 0.15) is 22.3 Å². The van der Waals surface area contributed by atoms with Crippen LogP contribution < -0.4 is 0 Å². The van der Waals surface area contributed by atoms with Crippen LogP contribution in [0.1, 0.15) is 0 Å². The lowest BCUT2D eigenvalue weighted by Crippen LogP contribution is -2.02. The van der Waals surface area contributed by atoms with E-state index in [2.05, 4.69) is 179 Å². The molecule has 6 heteroatoms. The van der Waals surface area contributed by atoms with E-state index in [9.17, 15) is 0 Å². The van der Waals surface area contributed by atoms with E-state index in [-0.39, 0.29) is 0 Å². The first-order valence-electron chi connectivity index (χ1n) is 21.6. The lowest BCUT2D eigenvalue weighted by Gasteiger charge is -2.16. The summed E-state index contributed by atoms with van der Waals surface area (Å²) in [5, 5.41) is 8.91. The van der Waals surface area contributed by atoms with Crippen LogP contribution in [0.15, 0.2) is 215 Å². The maximum absolute atomic E-state index is 6.43. The Bertz CT molecular complexity index is 3850. The van der Waals surface area contributed by atoms with E-state index in [4.69, 9.17) is 18.8 Å². The van der Waals surface area contributed by atoms with Gasteiger partial charge in [-0.2, -0.15) is 0 Å². The molecule has 0 bridgehead atoms. The largest absolute Gasteiger partial charge is 0.456 e. The predicted molar refractivity (Wildman–Crippen MR) is 262 cm³/mol. The maximum atomic E-state index is 6.43. The first-order chi connectivity index (χ1) is 31.7. The number of furan rings is 2. The van der Waals surface area contributed by atoms with Gasteiger partial charge in [-0.3, -0.25) is 0 Å². The number of nitrogens with zero attached hydrogens (tertiary/aromatic N) is 4. The summed E-state index contributed by atoms with van der Waals surface area (Å²) in [5.74, 6) is 0.603. The molecule has 5 heterocycles. The van der Waals surface area contributed by atoms with Crippen LogP contribution >= 0.6 is 0 Å². The van der Waals surface area contributed by atoms with E-state index in [1.165, 1.54) is 21.5 Å². The Balaban J connectivity index is 1.11. The fourth-order valence-corrected chi connectivity index (χ4v) is 10.2. The predicted octanol–water partition coefficient (Wildman–Crippen LogP) is 15.5. The summed E-state index contributed by atoms with van der Waals surface area (Å²) in [5.41, 5.74) is 14.2. The average molecular weight is 819 g/mol. The van der Waals surface area contributed by atoms with Crippen LogP contribution in [0.25, 0.3) is 133 Å². The smallest absolute Gasteiger partial charge is 0.160 e. The minimum atomic E-state index is 0.603. The highest BCUT2D eigenvalue weighted by Crippen LogP contribution is 2.42. The molecule has 0 atom stereocenters. The molecule has 0 fully saturated rings. The lowest BCUT2D eigenvalue weighted by atomic mass is 9.99. The van der Waals surface area contributed by atoms with Crippen LogP contribution in [0.5, 0.6) is 0 Å². The zero-order valence-electron chi connectivity index (χ0n) is 34.2. The molecule has 0 unspecified atom stereocenters. The van der Waals surface area contributed by atoms with E-state index in [0.29, 0.717) is 5.82 Å². The molecular formula is C58H34N4O2. The molecule has 0 amide bonds. The summed E-state index contributed by atoms with van der Waals surface area (Å²) in [7, 11) is 0. The van der Waals surface area contributed by atoms with Gasteiger partial charge in [-0.05, 0) is 72.8 Å². The quantitative estimate of drug-likeness (QED) is 0.174. The molecule has 14 aromatic rings. The monoisotopic (exact) mass is 818 g/mol. The minimum absolute atomic E-state index is 0.603. The minimum Gasteiger partial charge on any atom is -0.456 e. The van der Waals surface area contributed by atoms with Gasteiger partial charge >= 0.3 is 0 Å². The molecule has 0 aliphatic heterocycles. The second-order valence-electron chi connectivity index (χ2n) is 16.5. The van der Waals surface area contributed by atoms with Gasteiger partial charge in [0.05, 0.1) is 33.5 Å². The number of rotatable bonds is 5. The third kappa shape index (κ3) is 5.08. The van der Waals surface area contributed by atoms with Crippen molar-refractivity contribution >= 4 is 87.5 Å². The Morgan fingerprint density at radius 1 is 0.312 bits per heavy atom. The third-order valence-corrected chi connectivity index (χ3v) is 12.9. The molecule has 298 valence electrons. The number of para-hydroxylation sites is 6. The molecule has 5 aromatic heterocycles. The lowest BCUT2D eigenvalue weighted by molar-refractivity contribution is 0.668. The van der Waals surface area contributed by atoms with Gasteiger partial charge in [0, 0.05) is 71.2 Å². The van der Waals surface area contributed by atoms with Gasteiger partial charge in [-0.25, -0.2) is 9.97 Å². The van der Waals surface area contributed by atoms with Crippen LogP contribution in [0.4, 0.5) is 0 Å². The van der Waals surface area contributed by atoms with Gasteiger partial charge in [0.25, 0.3) is 0 Å². The van der Waals surface area contributed by atoms with Crippen molar-refractivity contribution in [3.8, 4) is 45.3 Å². The van der Waals surface area contributed by atoms with Crippen molar-refractivity contribution in [1.82, 2.24) is 19.1 Å². The first-order valence-corrected chi connectivity index (χ1v) is 21.6. The molecule has 0 saturated carbocycles. The average Bonchev–Trinajstić information content (AvgIpc) is 4.11. The number of hydrogen-bond acceptors (Lipinski definition) is 4. The van der Waals surface area contributed by atoms with Crippen molar-refractivity contribution in [2.24, 2.45) is 0 Å². The molecule has 0 spiro atoms. The summed E-state index contributed by atoms with van der Waals surface area (Å²) >= 11 is 0. The Labute approximate surface area is 365 Å². The van der Waals surface area contributed by atoms with Crippen LogP contribution in [-0.2, 0) is 0 Å². The summed E-state index contributed by atoms with van der Waals surface area (Å²) in [6.45, 7) is 0. The standard InChI is InChI=1S/C58H34N4O2/c1-7-23-48-38(15-1)39-16-2-8-24-49(39)61(48)36-31-35(32-37(33-36)62-50-25-9-3-17-40(50)41-18-4-10-26-51(41)62)58-59-46(42-21-13-29-54-56(42)44-19-5-11-27-52(44)63-54)34-47(60-58)43-22-14-30-55-57(43)45-20-6-12-28-53(45)64-55/h1-34H. The number of hydrogen-bond donors (Lipinski definition) is 0. The summed E-state index contributed by atoms with van der Waals surface area (Å²) in [4.78, 5) is 11.1. The fourth-order valence-electron chi connectivity index (χ4n) is 10.2. The topological polar surface area (TPSA) is 61.9 Å². The van der Waals surface area contributed by atoms with Crippen LogP contribution in [0.2, 0.25) is 0 Å². The second-order valence-corrected chi connectivity index (χ2v) is 16.5. The summed E-state index contributed by atoms with van der Waals surface area (Å²) in [6.07, 6.45) is 0. The normalized spacial score (nSPS) is 12.1. The fraction of sp³-hybridized carbons (Fsp3) is 0. The van der Waals surface area contributed by atoms with Gasteiger partial charge in [-0.15, -0.1) is 0 Å². The zero-order chi connectivity index (χ0) is 41.9. The molecule has 0 N–H and O–H groups in total. The molecule has 0 aliphatic carbocycles. The molecule has 0 saturated heterocycles. The van der Waals surface area contributed by atoms with E-state index in [1.807, 2.05) is 36.4 Å². The molecule has 9 aromatic carbocycles. The first kappa shape index (κ1) is 34.9. The number of benzene rings is 9. The SMILES string of the molecule is c1ccc2c(c1)oc1cccc(-c3cc(-c4cccc5oc6ccccc6c45)nc(-c4cc(-n5c6ccccc6c6ccccc65)cc(-n5c6ccccc6c6ccccc65)c4)n3)c12. The summed E-state index contributed by atoms with van der Waals surface area (Å²) < 4.78 is 17.6. The van der Waals surface area contributed by atoms with Crippen molar-refractivity contribution < 1.29 is 8.83 Å². The number of fused-ring (bicyclic) bond motifs is 12. The Morgan fingerprint density at radius 2 is 0.672 bits per heavy atom. The van der Waals surface area contributed by atoms with Gasteiger partial charge in [0.15, 0.2) is 5.82 Å². The van der Waals surface area contributed by atoms with E-state index in [0.717, 1.165) is 105 Å². The molecule has 0 radical (unpaired) electrons. The van der Waals surface area contributed by atoms with Crippen molar-refractivity contribution in [1.29, 1.82) is 0 Å². The van der Waals surface area contributed by atoms with E-state index >= 15 is 0 Å².